The summed E-state index contributed by atoms with van der Waals surface area (Å²) in [5.41, 5.74) is 1.24. The molecule has 0 nitrogen and oxygen atoms in total. The lowest BCUT2D eigenvalue weighted by atomic mass is 9.34. The van der Waals surface area contributed by atoms with E-state index in [-0.39, 0.29) is 50.5 Å². The van der Waals surface area contributed by atoms with Crippen molar-refractivity contribution in [3.8, 4) is 0 Å². The zero-order chi connectivity index (χ0) is 26.9. The summed E-state index contributed by atoms with van der Waals surface area (Å²) >= 11 is 0. The van der Waals surface area contributed by atoms with Crippen LogP contribution in [0.4, 0.5) is 4.39 Å². The van der Waals surface area contributed by atoms with Crippen LogP contribution in [0, 0.1) is 67.5 Å². The lowest BCUT2D eigenvalue weighted by Crippen LogP contribution is -2.63. The van der Waals surface area contributed by atoms with Gasteiger partial charge in [0.2, 0.25) is 0 Å². The van der Waals surface area contributed by atoms with Crippen LogP contribution in [0.1, 0.15) is 136 Å². The summed E-state index contributed by atoms with van der Waals surface area (Å²) in [7, 11) is 0. The summed E-state index contributed by atoms with van der Waals surface area (Å²) < 4.78 is 14.5. The maximum Gasteiger partial charge on any atom is 0.0930 e. The average molecular weight is 479 g/mol. The lowest BCUT2D eigenvalue weighted by molar-refractivity contribution is -0.218. The molecule has 6 atom stereocenters. The minimum atomic E-state index is -0.184. The van der Waals surface area contributed by atoms with E-state index < -0.39 is 0 Å². The Kier molecular flexibility index (Phi) is 7.76. The van der Waals surface area contributed by atoms with Crippen molar-refractivity contribution in [3.63, 3.8) is 0 Å². The number of hydrogen-bond donors (Lipinski definition) is 0. The smallest absolute Gasteiger partial charge is 0.0930 e. The third kappa shape index (κ3) is 4.66. The molecule has 1 heteroatoms. The zero-order valence-electron chi connectivity index (χ0n) is 26.3. The van der Waals surface area contributed by atoms with Crippen LogP contribution in [-0.2, 0) is 0 Å². The second kappa shape index (κ2) is 8.75. The predicted molar refractivity (Wildman–Crippen MR) is 150 cm³/mol. The van der Waals surface area contributed by atoms with Crippen molar-refractivity contribution >= 4 is 0 Å². The van der Waals surface area contributed by atoms with Crippen LogP contribution < -0.4 is 0 Å². The van der Waals surface area contributed by atoms with Gasteiger partial charge < -0.3 is 0 Å². The van der Waals surface area contributed by atoms with E-state index in [1.54, 1.807) is 0 Å². The highest BCUT2D eigenvalue weighted by Crippen LogP contribution is 2.73. The largest absolute Gasteiger partial charge is 0.251 e. The van der Waals surface area contributed by atoms with Gasteiger partial charge in [-0.2, -0.15) is 0 Å². The molecule has 0 bridgehead atoms. The molecule has 202 valence electrons. The molecule has 0 aromatic carbocycles. The highest BCUT2D eigenvalue weighted by atomic mass is 19.1. The minimum Gasteiger partial charge on any atom is -0.251 e. The highest BCUT2D eigenvalue weighted by Gasteiger charge is 2.66. The average Bonchev–Trinajstić information content (AvgIpc) is 2.46. The van der Waals surface area contributed by atoms with Crippen LogP contribution in [-0.4, -0.2) is 6.67 Å². The third-order valence-electron chi connectivity index (χ3n) is 11.4. The Labute approximate surface area is 215 Å². The van der Waals surface area contributed by atoms with Crippen LogP contribution in [0.3, 0.4) is 0 Å². The first kappa shape index (κ1) is 30.2. The second-order valence-corrected chi connectivity index (χ2v) is 17.7. The van der Waals surface area contributed by atoms with Crippen molar-refractivity contribution in [2.75, 3.05) is 6.67 Å². The SMILES string of the molecule is CC1CC(C)C2(C(C)CC(C)(C)C(C(C)(C)C)C(C)(C)CC2(C)C)C(C)(C)CC(C)(C)C1CF. The van der Waals surface area contributed by atoms with Crippen molar-refractivity contribution in [2.24, 2.45) is 67.5 Å². The first-order valence-electron chi connectivity index (χ1n) is 14.5. The Bertz CT molecular complexity index is 715. The van der Waals surface area contributed by atoms with Gasteiger partial charge in [0.1, 0.15) is 0 Å². The van der Waals surface area contributed by atoms with E-state index in [0.29, 0.717) is 23.7 Å². The van der Waals surface area contributed by atoms with E-state index in [4.69, 9.17) is 0 Å². The van der Waals surface area contributed by atoms with Gasteiger partial charge in [-0.1, -0.05) is 111 Å². The van der Waals surface area contributed by atoms with Crippen LogP contribution in [0.25, 0.3) is 0 Å². The molecule has 0 heterocycles. The van der Waals surface area contributed by atoms with Gasteiger partial charge in [0.15, 0.2) is 0 Å². The number of halogens is 1. The molecule has 0 aliphatic heterocycles. The van der Waals surface area contributed by atoms with Gasteiger partial charge in [0.05, 0.1) is 6.67 Å². The molecule has 0 aromatic heterocycles. The van der Waals surface area contributed by atoms with Crippen molar-refractivity contribution in [2.45, 2.75) is 136 Å². The molecule has 6 unspecified atom stereocenters. The van der Waals surface area contributed by atoms with Crippen LogP contribution in [0.5, 0.6) is 0 Å². The van der Waals surface area contributed by atoms with E-state index >= 15 is 0 Å². The van der Waals surface area contributed by atoms with Gasteiger partial charge in [-0.15, -0.1) is 0 Å². The van der Waals surface area contributed by atoms with Gasteiger partial charge in [0, 0.05) is 0 Å². The van der Waals surface area contributed by atoms with Crippen LogP contribution in [0.15, 0.2) is 0 Å². The predicted octanol–water partition coefficient (Wildman–Crippen LogP) is 10.8. The van der Waals surface area contributed by atoms with E-state index in [1.165, 1.54) is 12.8 Å². The lowest BCUT2D eigenvalue weighted by Gasteiger charge is -2.70. The van der Waals surface area contributed by atoms with Gasteiger partial charge in [-0.05, 0) is 93.2 Å². The summed E-state index contributed by atoms with van der Waals surface area (Å²) in [5, 5.41) is 0. The standard InChI is InChI=1S/C33H63F/c1-22-17-23(2)33(31(13,14)20-29(9,10)25(22)19-34)24(3)18-28(7,8)26(27(4,5)6)30(11,12)21-32(33,15)16/h22-26H,17-21H2,1-16H3. The summed E-state index contributed by atoms with van der Waals surface area (Å²) in [6, 6.07) is 0. The molecule has 1 spiro atoms. The quantitative estimate of drug-likeness (QED) is 0.351. The molecule has 0 N–H and O–H groups in total. The number of hydrogen-bond acceptors (Lipinski definition) is 0. The topological polar surface area (TPSA) is 0 Å². The number of rotatable bonds is 1. The number of alkyl halides is 1. The molecule has 0 radical (unpaired) electrons. The molecular formula is C33H63F. The fourth-order valence-corrected chi connectivity index (χ4v) is 13.4. The summed E-state index contributed by atoms with van der Waals surface area (Å²) in [5.74, 6) is 2.38. The summed E-state index contributed by atoms with van der Waals surface area (Å²) in [6.45, 7) is 40.1. The molecule has 2 saturated carbocycles. The van der Waals surface area contributed by atoms with Gasteiger partial charge in [-0.3, -0.25) is 4.39 Å². The van der Waals surface area contributed by atoms with Crippen LogP contribution in [0.2, 0.25) is 0 Å². The van der Waals surface area contributed by atoms with Gasteiger partial charge in [-0.25, -0.2) is 0 Å². The Morgan fingerprint density at radius 1 is 0.676 bits per heavy atom. The Balaban J connectivity index is 2.84. The molecule has 2 fully saturated rings. The van der Waals surface area contributed by atoms with E-state index in [2.05, 4.69) is 111 Å². The van der Waals surface area contributed by atoms with Crippen molar-refractivity contribution in [1.29, 1.82) is 0 Å². The fraction of sp³-hybridized carbons (Fsp3) is 1.00. The molecule has 34 heavy (non-hydrogen) atoms. The Hall–Kier alpha value is -0.0700. The van der Waals surface area contributed by atoms with Crippen molar-refractivity contribution in [3.05, 3.63) is 0 Å². The second-order valence-electron chi connectivity index (χ2n) is 17.7. The fourth-order valence-electron chi connectivity index (χ4n) is 13.4. The molecule has 0 aromatic rings. The van der Waals surface area contributed by atoms with Crippen molar-refractivity contribution < 1.29 is 4.39 Å². The Morgan fingerprint density at radius 3 is 1.53 bits per heavy atom. The van der Waals surface area contributed by atoms with Crippen molar-refractivity contribution in [1.82, 2.24) is 0 Å². The van der Waals surface area contributed by atoms with E-state index in [1.807, 2.05) is 0 Å². The van der Waals surface area contributed by atoms with E-state index in [9.17, 15) is 4.39 Å². The molecule has 0 saturated heterocycles. The van der Waals surface area contributed by atoms with E-state index in [0.717, 1.165) is 12.8 Å². The zero-order valence-corrected chi connectivity index (χ0v) is 26.3. The first-order valence-corrected chi connectivity index (χ1v) is 14.5. The molecule has 2 rings (SSSR count). The van der Waals surface area contributed by atoms with Gasteiger partial charge in [0.25, 0.3) is 0 Å². The normalized spacial score (nSPS) is 41.7. The Morgan fingerprint density at radius 2 is 1.12 bits per heavy atom. The monoisotopic (exact) mass is 478 g/mol. The molecule has 2 aliphatic carbocycles. The molecular weight excluding hydrogens is 415 g/mol. The van der Waals surface area contributed by atoms with Gasteiger partial charge >= 0.3 is 0 Å². The molecule has 0 amide bonds. The minimum absolute atomic E-state index is 0.00194. The molecule has 2 aliphatic rings. The summed E-state index contributed by atoms with van der Waals surface area (Å²) in [6.07, 6.45) is 4.74. The maximum absolute atomic E-state index is 14.5. The van der Waals surface area contributed by atoms with Crippen LogP contribution >= 0.6 is 0 Å². The maximum atomic E-state index is 14.5. The first-order chi connectivity index (χ1) is 14.9. The summed E-state index contributed by atoms with van der Waals surface area (Å²) in [4.78, 5) is 0. The third-order valence-corrected chi connectivity index (χ3v) is 11.4. The highest BCUT2D eigenvalue weighted by molar-refractivity contribution is 5.14.